The van der Waals surface area contributed by atoms with E-state index in [4.69, 9.17) is 11.5 Å². The molecular formula is C22H28N6O3. The van der Waals surface area contributed by atoms with E-state index in [0.717, 1.165) is 12.0 Å². The number of piperazine rings is 1. The second-order valence-electron chi connectivity index (χ2n) is 8.69. The first kappa shape index (κ1) is 21.3. The van der Waals surface area contributed by atoms with Crippen LogP contribution in [0.4, 0.5) is 0 Å². The predicted octanol–water partition coefficient (Wildman–Crippen LogP) is -0.0265. The summed E-state index contributed by atoms with van der Waals surface area (Å²) in [5.41, 5.74) is 12.9. The van der Waals surface area contributed by atoms with Crippen molar-refractivity contribution in [3.8, 4) is 6.07 Å². The quantitative estimate of drug-likeness (QED) is 0.658. The van der Waals surface area contributed by atoms with Crippen LogP contribution in [0.25, 0.3) is 0 Å². The Labute approximate surface area is 181 Å². The van der Waals surface area contributed by atoms with Crippen molar-refractivity contribution in [2.24, 2.45) is 11.5 Å². The zero-order valence-electron chi connectivity index (χ0n) is 17.6. The average molecular weight is 425 g/mol. The van der Waals surface area contributed by atoms with E-state index in [2.05, 4.69) is 6.07 Å². The Balaban J connectivity index is 1.39. The van der Waals surface area contributed by atoms with Crippen molar-refractivity contribution in [2.75, 3.05) is 19.6 Å². The van der Waals surface area contributed by atoms with E-state index in [0.29, 0.717) is 38.0 Å². The molecule has 31 heavy (non-hydrogen) atoms. The van der Waals surface area contributed by atoms with Crippen LogP contribution in [-0.4, -0.2) is 76.2 Å². The van der Waals surface area contributed by atoms with Gasteiger partial charge >= 0.3 is 0 Å². The summed E-state index contributed by atoms with van der Waals surface area (Å²) in [6, 6.07) is 7.71. The van der Waals surface area contributed by atoms with Crippen LogP contribution in [0.15, 0.2) is 24.3 Å². The number of hydrogen-bond donors (Lipinski definition) is 2. The molecular weight excluding hydrogens is 396 g/mol. The lowest BCUT2D eigenvalue weighted by Crippen LogP contribution is -2.56. The maximum absolute atomic E-state index is 13.1. The Kier molecular flexibility index (Phi) is 5.69. The molecule has 3 aliphatic rings. The van der Waals surface area contributed by atoms with Gasteiger partial charge in [-0.25, -0.2) is 0 Å². The summed E-state index contributed by atoms with van der Waals surface area (Å²) in [6.45, 7) is 3.53. The SMILES string of the molecule is C[C@@H](c1ccc(C(N)=O)cc1)N1C(=O)[C@@H]2C[C@H]1CN2C[C@H](N)C(=O)N1CCC[C@H]1C#N. The van der Waals surface area contributed by atoms with Crippen molar-refractivity contribution >= 4 is 17.7 Å². The Morgan fingerprint density at radius 2 is 2.00 bits per heavy atom. The molecule has 0 radical (unpaired) electrons. The highest BCUT2D eigenvalue weighted by molar-refractivity contribution is 5.92. The van der Waals surface area contributed by atoms with Gasteiger partial charge in [-0.2, -0.15) is 5.26 Å². The van der Waals surface area contributed by atoms with E-state index in [1.807, 2.05) is 28.9 Å². The minimum absolute atomic E-state index is 0.0402. The van der Waals surface area contributed by atoms with Crippen LogP contribution < -0.4 is 11.5 Å². The minimum atomic E-state index is -0.742. The fourth-order valence-electron chi connectivity index (χ4n) is 5.19. The van der Waals surface area contributed by atoms with Crippen LogP contribution in [0.2, 0.25) is 0 Å². The Hall–Kier alpha value is -2.96. The van der Waals surface area contributed by atoms with Gasteiger partial charge < -0.3 is 21.3 Å². The minimum Gasteiger partial charge on any atom is -0.366 e. The Morgan fingerprint density at radius 3 is 2.61 bits per heavy atom. The van der Waals surface area contributed by atoms with Crippen molar-refractivity contribution < 1.29 is 14.4 Å². The molecule has 1 aromatic carbocycles. The summed E-state index contributed by atoms with van der Waals surface area (Å²) in [5.74, 6) is -0.649. The van der Waals surface area contributed by atoms with Crippen LogP contribution in [0.5, 0.6) is 0 Å². The number of carbonyl (C=O) groups is 3. The molecule has 0 spiro atoms. The molecule has 3 aliphatic heterocycles. The highest BCUT2D eigenvalue weighted by Crippen LogP contribution is 2.38. The number of nitrogens with two attached hydrogens (primary N) is 2. The molecule has 3 saturated heterocycles. The highest BCUT2D eigenvalue weighted by atomic mass is 16.2. The number of rotatable bonds is 6. The topological polar surface area (TPSA) is 137 Å². The van der Waals surface area contributed by atoms with Crippen molar-refractivity contribution in [1.82, 2.24) is 14.7 Å². The molecule has 1 aromatic rings. The van der Waals surface area contributed by atoms with Gasteiger partial charge in [0, 0.05) is 31.2 Å². The number of fused-ring (bicyclic) bond motifs is 2. The molecule has 3 amide bonds. The first-order valence-electron chi connectivity index (χ1n) is 10.7. The molecule has 5 atom stereocenters. The van der Waals surface area contributed by atoms with Gasteiger partial charge in [-0.3, -0.25) is 19.3 Å². The highest BCUT2D eigenvalue weighted by Gasteiger charge is 2.51. The summed E-state index contributed by atoms with van der Waals surface area (Å²) in [4.78, 5) is 42.6. The first-order chi connectivity index (χ1) is 14.8. The maximum Gasteiger partial charge on any atom is 0.248 e. The van der Waals surface area contributed by atoms with Crippen LogP contribution in [0.3, 0.4) is 0 Å². The number of carbonyl (C=O) groups excluding carboxylic acids is 3. The van der Waals surface area contributed by atoms with Crippen molar-refractivity contribution in [1.29, 1.82) is 5.26 Å². The molecule has 9 heteroatoms. The van der Waals surface area contributed by atoms with Crippen LogP contribution in [0, 0.1) is 11.3 Å². The predicted molar refractivity (Wildman–Crippen MR) is 112 cm³/mol. The lowest BCUT2D eigenvalue weighted by molar-refractivity contribution is -0.140. The number of likely N-dealkylation sites (tertiary alicyclic amines) is 3. The largest absolute Gasteiger partial charge is 0.366 e. The number of nitrogens with zero attached hydrogens (tertiary/aromatic N) is 4. The van der Waals surface area contributed by atoms with E-state index in [9.17, 15) is 19.6 Å². The molecule has 4 rings (SSSR count). The van der Waals surface area contributed by atoms with Gasteiger partial charge in [0.25, 0.3) is 0 Å². The van der Waals surface area contributed by atoms with E-state index >= 15 is 0 Å². The van der Waals surface area contributed by atoms with Crippen molar-refractivity contribution in [3.05, 3.63) is 35.4 Å². The third-order valence-corrected chi connectivity index (χ3v) is 6.84. The first-order valence-corrected chi connectivity index (χ1v) is 10.7. The Morgan fingerprint density at radius 1 is 1.29 bits per heavy atom. The summed E-state index contributed by atoms with van der Waals surface area (Å²) >= 11 is 0. The molecule has 0 unspecified atom stereocenters. The Bertz CT molecular complexity index is 926. The van der Waals surface area contributed by atoms with Gasteiger partial charge in [-0.1, -0.05) is 12.1 Å². The fourth-order valence-corrected chi connectivity index (χ4v) is 5.19. The molecule has 0 aliphatic carbocycles. The van der Waals surface area contributed by atoms with Gasteiger partial charge in [-0.05, 0) is 43.9 Å². The van der Waals surface area contributed by atoms with Crippen molar-refractivity contribution in [2.45, 2.75) is 56.4 Å². The number of hydrogen-bond acceptors (Lipinski definition) is 6. The van der Waals surface area contributed by atoms with Crippen LogP contribution in [-0.2, 0) is 9.59 Å². The maximum atomic E-state index is 13.1. The summed E-state index contributed by atoms with van der Waals surface area (Å²) in [7, 11) is 0. The number of nitriles is 1. The lowest BCUT2D eigenvalue weighted by atomic mass is 10.0. The van der Waals surface area contributed by atoms with E-state index < -0.39 is 18.0 Å². The van der Waals surface area contributed by atoms with Gasteiger partial charge in [-0.15, -0.1) is 0 Å². The van der Waals surface area contributed by atoms with E-state index in [-0.39, 0.29) is 29.9 Å². The van der Waals surface area contributed by atoms with Gasteiger partial charge in [0.05, 0.1) is 24.2 Å². The summed E-state index contributed by atoms with van der Waals surface area (Å²) in [6.07, 6.45) is 2.22. The molecule has 0 saturated carbocycles. The molecule has 3 heterocycles. The monoisotopic (exact) mass is 424 g/mol. The zero-order chi connectivity index (χ0) is 22.3. The average Bonchev–Trinajstić information content (AvgIpc) is 3.47. The molecule has 0 aromatic heterocycles. The molecule has 9 nitrogen and oxygen atoms in total. The molecule has 3 fully saturated rings. The summed E-state index contributed by atoms with van der Waals surface area (Å²) < 4.78 is 0. The standard InChI is InChI=1S/C22H28N6O3/c1-13(14-4-6-15(7-5-14)20(25)29)28-17-9-19(22(28)31)26(11-17)12-18(24)21(30)27-8-2-3-16(27)10-23/h4-7,13,16-19H,2-3,8-9,11-12,24H2,1H3,(H2,25,29)/t13-,16-,17-,18-,19-/m0/s1. The second-order valence-corrected chi connectivity index (χ2v) is 8.69. The third-order valence-electron chi connectivity index (χ3n) is 6.84. The number of benzene rings is 1. The molecule has 164 valence electrons. The smallest absolute Gasteiger partial charge is 0.248 e. The van der Waals surface area contributed by atoms with Gasteiger partial charge in [0.15, 0.2) is 0 Å². The zero-order valence-corrected chi connectivity index (χ0v) is 17.6. The molecule has 4 N–H and O–H groups in total. The summed E-state index contributed by atoms with van der Waals surface area (Å²) in [5, 5.41) is 9.22. The van der Waals surface area contributed by atoms with E-state index in [1.165, 1.54) is 0 Å². The van der Waals surface area contributed by atoms with Crippen LogP contribution >= 0.6 is 0 Å². The normalized spacial score (nSPS) is 27.4. The van der Waals surface area contributed by atoms with Crippen molar-refractivity contribution in [3.63, 3.8) is 0 Å². The molecule has 2 bridgehead atoms. The third kappa shape index (κ3) is 3.77. The van der Waals surface area contributed by atoms with E-state index in [1.54, 1.807) is 17.0 Å². The number of primary amides is 1. The number of amides is 3. The van der Waals surface area contributed by atoms with Gasteiger partial charge in [0.1, 0.15) is 6.04 Å². The van der Waals surface area contributed by atoms with Gasteiger partial charge in [0.2, 0.25) is 17.7 Å². The fraction of sp³-hybridized carbons (Fsp3) is 0.545. The lowest BCUT2D eigenvalue weighted by Gasteiger charge is -2.38. The van der Waals surface area contributed by atoms with Crippen LogP contribution in [0.1, 0.15) is 48.1 Å². The second kappa shape index (κ2) is 8.29.